The highest BCUT2D eigenvalue weighted by molar-refractivity contribution is 7.07. The Kier molecular flexibility index (Phi) is 5.10. The monoisotopic (exact) mass is 296 g/mol. The number of piperidine rings is 1. The zero-order chi connectivity index (χ0) is 14.6. The third kappa shape index (κ3) is 3.76. The summed E-state index contributed by atoms with van der Waals surface area (Å²) in [6.45, 7) is 9.59. The summed E-state index contributed by atoms with van der Waals surface area (Å²) in [6.07, 6.45) is 5.35. The lowest BCUT2D eigenvalue weighted by molar-refractivity contribution is 0.0613. The van der Waals surface area contributed by atoms with Gasteiger partial charge in [0, 0.05) is 18.6 Å². The number of rotatable bonds is 5. The molecule has 112 valence electrons. The molecule has 20 heavy (non-hydrogen) atoms. The average Bonchev–Trinajstić information content (AvgIpc) is 2.99. The van der Waals surface area contributed by atoms with E-state index in [1.807, 2.05) is 0 Å². The van der Waals surface area contributed by atoms with Crippen molar-refractivity contribution in [1.29, 1.82) is 0 Å². The molecule has 0 unspecified atom stereocenters. The van der Waals surface area contributed by atoms with E-state index in [9.17, 15) is 4.79 Å². The van der Waals surface area contributed by atoms with Gasteiger partial charge in [-0.05, 0) is 50.7 Å². The lowest BCUT2D eigenvalue weighted by atomic mass is 9.91. The highest BCUT2D eigenvalue weighted by Gasteiger charge is 2.31. The number of hydrogen-bond acceptors (Lipinski definition) is 5. The molecule has 1 fully saturated rings. The van der Waals surface area contributed by atoms with Crippen LogP contribution in [0.5, 0.6) is 0 Å². The molecule has 5 nitrogen and oxygen atoms in total. The lowest BCUT2D eigenvalue weighted by Crippen LogP contribution is -2.54. The third-order valence-corrected chi connectivity index (χ3v) is 4.88. The molecular formula is C14H24N4OS. The SMILES string of the molecule is CC[C@H]1CCCN(C(C)(C)CNC(=O)c2cnns2)C1. The molecule has 0 aromatic carbocycles. The third-order valence-electron chi connectivity index (χ3n) is 4.22. The summed E-state index contributed by atoms with van der Waals surface area (Å²) in [5.41, 5.74) is -0.0123. The summed E-state index contributed by atoms with van der Waals surface area (Å²) in [5, 5.41) is 6.70. The molecule has 1 saturated heterocycles. The van der Waals surface area contributed by atoms with Gasteiger partial charge in [-0.3, -0.25) is 9.69 Å². The Morgan fingerprint density at radius 2 is 2.40 bits per heavy atom. The fourth-order valence-corrected chi connectivity index (χ4v) is 3.14. The highest BCUT2D eigenvalue weighted by Crippen LogP contribution is 2.25. The molecule has 0 radical (unpaired) electrons. The van der Waals surface area contributed by atoms with Gasteiger partial charge in [0.2, 0.25) is 0 Å². The Hall–Kier alpha value is -1.01. The van der Waals surface area contributed by atoms with E-state index in [1.54, 1.807) is 0 Å². The molecule has 0 aliphatic carbocycles. The molecule has 1 atom stereocenters. The molecule has 0 bridgehead atoms. The first kappa shape index (κ1) is 15.4. The van der Waals surface area contributed by atoms with Gasteiger partial charge in [-0.2, -0.15) is 0 Å². The summed E-state index contributed by atoms with van der Waals surface area (Å²) in [6, 6.07) is 0. The van der Waals surface area contributed by atoms with Gasteiger partial charge in [-0.1, -0.05) is 17.8 Å². The first-order valence-electron chi connectivity index (χ1n) is 7.33. The lowest BCUT2D eigenvalue weighted by Gasteiger charge is -2.43. The smallest absolute Gasteiger partial charge is 0.264 e. The van der Waals surface area contributed by atoms with Crippen LogP contribution in [0.4, 0.5) is 0 Å². The van der Waals surface area contributed by atoms with Crippen LogP contribution < -0.4 is 5.32 Å². The van der Waals surface area contributed by atoms with Crippen molar-refractivity contribution in [3.63, 3.8) is 0 Å². The van der Waals surface area contributed by atoms with Crippen molar-refractivity contribution >= 4 is 17.4 Å². The first-order valence-corrected chi connectivity index (χ1v) is 8.11. The maximum atomic E-state index is 12.0. The summed E-state index contributed by atoms with van der Waals surface area (Å²) in [5.74, 6) is 0.724. The van der Waals surface area contributed by atoms with Crippen LogP contribution in [0.3, 0.4) is 0 Å². The molecule has 6 heteroatoms. The zero-order valence-corrected chi connectivity index (χ0v) is 13.4. The first-order chi connectivity index (χ1) is 9.53. The number of aromatic nitrogens is 2. The molecular weight excluding hydrogens is 272 g/mol. The minimum Gasteiger partial charge on any atom is -0.349 e. The molecule has 1 aliphatic rings. The molecule has 0 saturated carbocycles. The van der Waals surface area contributed by atoms with E-state index in [1.165, 1.54) is 25.5 Å². The molecule has 1 aromatic rings. The van der Waals surface area contributed by atoms with Crippen molar-refractivity contribution < 1.29 is 4.79 Å². The van der Waals surface area contributed by atoms with Crippen molar-refractivity contribution in [1.82, 2.24) is 19.8 Å². The number of likely N-dealkylation sites (tertiary alicyclic amines) is 1. The van der Waals surface area contributed by atoms with E-state index in [0.29, 0.717) is 11.4 Å². The average molecular weight is 296 g/mol. The second-order valence-corrected chi connectivity index (χ2v) is 6.93. The summed E-state index contributed by atoms with van der Waals surface area (Å²) in [7, 11) is 0. The van der Waals surface area contributed by atoms with E-state index in [2.05, 4.69) is 40.6 Å². The summed E-state index contributed by atoms with van der Waals surface area (Å²) >= 11 is 1.13. The number of nitrogens with zero attached hydrogens (tertiary/aromatic N) is 3. The maximum absolute atomic E-state index is 12.0. The second-order valence-electron chi connectivity index (χ2n) is 6.14. The van der Waals surface area contributed by atoms with Crippen LogP contribution in [0.2, 0.25) is 0 Å². The number of amides is 1. The van der Waals surface area contributed by atoms with Gasteiger partial charge in [0.05, 0.1) is 6.20 Å². The summed E-state index contributed by atoms with van der Waals surface area (Å²) in [4.78, 5) is 15.0. The fourth-order valence-electron chi connectivity index (χ4n) is 2.71. The number of nitrogens with one attached hydrogen (secondary N) is 1. The fraction of sp³-hybridized carbons (Fsp3) is 0.786. The minimum absolute atomic E-state index is 0.0123. The Balaban J connectivity index is 1.88. The minimum atomic E-state index is -0.0721. The van der Waals surface area contributed by atoms with Gasteiger partial charge >= 0.3 is 0 Å². The Morgan fingerprint density at radius 1 is 1.60 bits per heavy atom. The van der Waals surface area contributed by atoms with Crippen molar-refractivity contribution in [3.05, 3.63) is 11.1 Å². The van der Waals surface area contributed by atoms with Gasteiger partial charge in [0.1, 0.15) is 4.88 Å². The number of carbonyl (C=O) groups excluding carboxylic acids is 1. The maximum Gasteiger partial charge on any atom is 0.264 e. The standard InChI is InChI=1S/C14H24N4OS/c1-4-11-6-5-7-18(9-11)14(2,3)10-15-13(19)12-8-16-17-20-12/h8,11H,4-7,9-10H2,1-3H3,(H,15,19)/t11-/m0/s1. The highest BCUT2D eigenvalue weighted by atomic mass is 32.1. The van der Waals surface area contributed by atoms with Gasteiger partial charge in [0.15, 0.2) is 0 Å². The van der Waals surface area contributed by atoms with Crippen molar-refractivity contribution in [2.45, 2.75) is 45.6 Å². The molecule has 1 N–H and O–H groups in total. The quantitative estimate of drug-likeness (QED) is 0.904. The molecule has 2 rings (SSSR count). The predicted octanol–water partition coefficient (Wildman–Crippen LogP) is 2.17. The molecule has 2 heterocycles. The van der Waals surface area contributed by atoms with E-state index in [0.717, 1.165) is 30.5 Å². The van der Waals surface area contributed by atoms with Gasteiger partial charge in [0.25, 0.3) is 5.91 Å². The van der Waals surface area contributed by atoms with Crippen molar-refractivity contribution in [2.75, 3.05) is 19.6 Å². The zero-order valence-electron chi connectivity index (χ0n) is 12.6. The van der Waals surface area contributed by atoms with Crippen LogP contribution in [0.15, 0.2) is 6.20 Å². The normalized spacial score (nSPS) is 20.9. The Labute approximate surface area is 124 Å². The molecule has 0 spiro atoms. The topological polar surface area (TPSA) is 58.1 Å². The molecule has 1 aliphatic heterocycles. The van der Waals surface area contributed by atoms with Crippen LogP contribution in [0.1, 0.15) is 49.7 Å². The van der Waals surface area contributed by atoms with Gasteiger partial charge in [-0.15, -0.1) is 5.10 Å². The van der Waals surface area contributed by atoms with Gasteiger partial charge < -0.3 is 5.32 Å². The van der Waals surface area contributed by atoms with E-state index < -0.39 is 0 Å². The number of carbonyl (C=O) groups is 1. The van der Waals surface area contributed by atoms with E-state index in [4.69, 9.17) is 0 Å². The Bertz CT molecular complexity index is 432. The van der Waals surface area contributed by atoms with Crippen molar-refractivity contribution in [2.24, 2.45) is 5.92 Å². The van der Waals surface area contributed by atoms with Crippen LogP contribution in [0, 0.1) is 5.92 Å². The molecule has 1 aromatic heterocycles. The van der Waals surface area contributed by atoms with Crippen LogP contribution >= 0.6 is 11.5 Å². The van der Waals surface area contributed by atoms with Crippen molar-refractivity contribution in [3.8, 4) is 0 Å². The van der Waals surface area contributed by atoms with E-state index in [-0.39, 0.29) is 11.4 Å². The van der Waals surface area contributed by atoms with Crippen LogP contribution in [-0.2, 0) is 0 Å². The number of hydrogen-bond donors (Lipinski definition) is 1. The van der Waals surface area contributed by atoms with Crippen LogP contribution in [0.25, 0.3) is 0 Å². The molecule has 1 amide bonds. The largest absolute Gasteiger partial charge is 0.349 e. The predicted molar refractivity (Wildman–Crippen MR) is 80.9 cm³/mol. The summed E-state index contributed by atoms with van der Waals surface area (Å²) < 4.78 is 3.72. The second kappa shape index (κ2) is 6.63. The van der Waals surface area contributed by atoms with Gasteiger partial charge in [-0.25, -0.2) is 0 Å². The Morgan fingerprint density at radius 3 is 3.05 bits per heavy atom. The van der Waals surface area contributed by atoms with E-state index >= 15 is 0 Å². The van der Waals surface area contributed by atoms with Crippen LogP contribution in [-0.4, -0.2) is 45.6 Å².